The SMILES string of the molecule is CCNC(=O)N1NC(c2cccs2)=CC1c1ccc(Cl)cc1. The van der Waals surface area contributed by atoms with E-state index < -0.39 is 0 Å². The summed E-state index contributed by atoms with van der Waals surface area (Å²) in [5.41, 5.74) is 5.16. The zero-order chi connectivity index (χ0) is 15.5. The summed E-state index contributed by atoms with van der Waals surface area (Å²) in [5.74, 6) is 0. The van der Waals surface area contributed by atoms with Gasteiger partial charge in [0.25, 0.3) is 0 Å². The first kappa shape index (κ1) is 14.9. The zero-order valence-corrected chi connectivity index (χ0v) is 13.6. The van der Waals surface area contributed by atoms with Gasteiger partial charge in [0, 0.05) is 11.6 Å². The van der Waals surface area contributed by atoms with Crippen molar-refractivity contribution in [3.05, 3.63) is 63.3 Å². The second kappa shape index (κ2) is 6.42. The molecule has 0 fully saturated rings. The van der Waals surface area contributed by atoms with Crippen molar-refractivity contribution < 1.29 is 4.79 Å². The minimum absolute atomic E-state index is 0.148. The average Bonchev–Trinajstić information content (AvgIpc) is 3.17. The van der Waals surface area contributed by atoms with Gasteiger partial charge >= 0.3 is 6.03 Å². The summed E-state index contributed by atoms with van der Waals surface area (Å²) in [5, 5.41) is 7.15. The summed E-state index contributed by atoms with van der Waals surface area (Å²) in [4.78, 5) is 13.4. The Morgan fingerprint density at radius 2 is 2.14 bits per heavy atom. The second-order valence-electron chi connectivity index (χ2n) is 4.87. The fraction of sp³-hybridized carbons (Fsp3) is 0.188. The van der Waals surface area contributed by atoms with E-state index in [1.165, 1.54) is 0 Å². The molecular formula is C16H16ClN3OS. The number of hydrogen-bond donors (Lipinski definition) is 2. The molecule has 1 aromatic heterocycles. The van der Waals surface area contributed by atoms with Crippen LogP contribution in [0.5, 0.6) is 0 Å². The lowest BCUT2D eigenvalue weighted by molar-refractivity contribution is 0.177. The molecule has 22 heavy (non-hydrogen) atoms. The van der Waals surface area contributed by atoms with Gasteiger partial charge in [-0.2, -0.15) is 0 Å². The van der Waals surface area contributed by atoms with E-state index >= 15 is 0 Å². The number of amides is 2. The van der Waals surface area contributed by atoms with Crippen molar-refractivity contribution in [1.29, 1.82) is 0 Å². The van der Waals surface area contributed by atoms with E-state index in [9.17, 15) is 4.79 Å². The number of rotatable bonds is 3. The van der Waals surface area contributed by atoms with Gasteiger partial charge in [0.15, 0.2) is 0 Å². The van der Waals surface area contributed by atoms with Gasteiger partial charge in [-0.05, 0) is 42.1 Å². The Balaban J connectivity index is 1.93. The molecule has 1 unspecified atom stereocenters. The van der Waals surface area contributed by atoms with E-state index in [-0.39, 0.29) is 12.1 Å². The Morgan fingerprint density at radius 1 is 1.36 bits per heavy atom. The molecule has 2 amide bonds. The number of nitrogens with zero attached hydrogens (tertiary/aromatic N) is 1. The van der Waals surface area contributed by atoms with Crippen LogP contribution < -0.4 is 10.7 Å². The molecule has 0 saturated carbocycles. The number of halogens is 1. The molecule has 1 aliphatic heterocycles. The largest absolute Gasteiger partial charge is 0.337 e. The Hall–Kier alpha value is -1.98. The normalized spacial score (nSPS) is 17.1. The van der Waals surface area contributed by atoms with Crippen molar-refractivity contribution in [2.45, 2.75) is 13.0 Å². The van der Waals surface area contributed by atoms with Crippen LogP contribution in [0.25, 0.3) is 5.70 Å². The molecule has 0 saturated heterocycles. The lowest BCUT2D eigenvalue weighted by Gasteiger charge is -2.25. The molecule has 6 heteroatoms. The van der Waals surface area contributed by atoms with Gasteiger partial charge in [-0.1, -0.05) is 29.8 Å². The van der Waals surface area contributed by atoms with Crippen LogP contribution in [0.2, 0.25) is 5.02 Å². The molecule has 1 aliphatic rings. The molecule has 0 spiro atoms. The highest BCUT2D eigenvalue weighted by molar-refractivity contribution is 7.11. The molecule has 0 bridgehead atoms. The van der Waals surface area contributed by atoms with Crippen molar-refractivity contribution in [2.75, 3.05) is 6.54 Å². The van der Waals surface area contributed by atoms with Crippen molar-refractivity contribution in [3.63, 3.8) is 0 Å². The van der Waals surface area contributed by atoms with E-state index in [1.54, 1.807) is 16.3 Å². The molecule has 2 heterocycles. The van der Waals surface area contributed by atoms with Gasteiger partial charge in [0.05, 0.1) is 10.6 Å². The number of urea groups is 1. The standard InChI is InChI=1S/C16H16ClN3OS/c1-2-18-16(21)20-14(11-5-7-12(17)8-6-11)10-13(19-20)15-4-3-9-22-15/h3-10,14,19H,2H2,1H3,(H,18,21). The number of hydrazine groups is 1. The van der Waals surface area contributed by atoms with Crippen LogP contribution >= 0.6 is 22.9 Å². The fourth-order valence-electron chi connectivity index (χ4n) is 2.36. The Kier molecular flexibility index (Phi) is 4.36. The van der Waals surface area contributed by atoms with E-state index in [0.717, 1.165) is 16.1 Å². The van der Waals surface area contributed by atoms with Crippen LogP contribution in [0.15, 0.2) is 47.9 Å². The van der Waals surface area contributed by atoms with Crippen LogP contribution in [-0.4, -0.2) is 17.6 Å². The molecule has 1 atom stereocenters. The van der Waals surface area contributed by atoms with Gasteiger partial charge in [0.1, 0.15) is 6.04 Å². The molecule has 0 aliphatic carbocycles. The predicted molar refractivity (Wildman–Crippen MR) is 90.5 cm³/mol. The van der Waals surface area contributed by atoms with Gasteiger partial charge in [-0.15, -0.1) is 11.3 Å². The Morgan fingerprint density at radius 3 is 2.77 bits per heavy atom. The quantitative estimate of drug-likeness (QED) is 0.890. The first-order chi connectivity index (χ1) is 10.7. The third-order valence-electron chi connectivity index (χ3n) is 3.39. The number of carbonyl (C=O) groups excluding carboxylic acids is 1. The number of thiophene rings is 1. The van der Waals surface area contributed by atoms with E-state index in [0.29, 0.717) is 11.6 Å². The van der Waals surface area contributed by atoms with E-state index in [4.69, 9.17) is 11.6 Å². The highest BCUT2D eigenvalue weighted by atomic mass is 35.5. The minimum Gasteiger partial charge on any atom is -0.337 e. The van der Waals surface area contributed by atoms with Gasteiger partial charge < -0.3 is 5.32 Å². The highest BCUT2D eigenvalue weighted by Crippen LogP contribution is 2.33. The number of carbonyl (C=O) groups is 1. The van der Waals surface area contributed by atoms with Crippen molar-refractivity contribution >= 4 is 34.7 Å². The maximum absolute atomic E-state index is 12.3. The van der Waals surface area contributed by atoms with Crippen molar-refractivity contribution in [2.24, 2.45) is 0 Å². The predicted octanol–water partition coefficient (Wildman–Crippen LogP) is 4.03. The van der Waals surface area contributed by atoms with Gasteiger partial charge in [-0.3, -0.25) is 5.43 Å². The molecule has 2 aromatic rings. The van der Waals surface area contributed by atoms with Gasteiger partial charge in [0.2, 0.25) is 0 Å². The summed E-state index contributed by atoms with van der Waals surface area (Å²) < 4.78 is 0. The lowest BCUT2D eigenvalue weighted by atomic mass is 10.1. The van der Waals surface area contributed by atoms with Crippen molar-refractivity contribution in [3.8, 4) is 0 Å². The summed E-state index contributed by atoms with van der Waals surface area (Å²) in [7, 11) is 0. The van der Waals surface area contributed by atoms with Crippen LogP contribution in [0.3, 0.4) is 0 Å². The Labute approximate surface area is 138 Å². The fourth-order valence-corrected chi connectivity index (χ4v) is 3.18. The van der Waals surface area contributed by atoms with Crippen LogP contribution in [0.4, 0.5) is 4.79 Å². The smallest absolute Gasteiger partial charge is 0.336 e. The third-order valence-corrected chi connectivity index (χ3v) is 4.54. The zero-order valence-electron chi connectivity index (χ0n) is 12.0. The third kappa shape index (κ3) is 2.96. The summed E-state index contributed by atoms with van der Waals surface area (Å²) in [6.45, 7) is 2.48. The molecule has 4 nitrogen and oxygen atoms in total. The summed E-state index contributed by atoms with van der Waals surface area (Å²) >= 11 is 7.59. The number of nitrogens with one attached hydrogen (secondary N) is 2. The minimum atomic E-state index is -0.166. The number of benzene rings is 1. The molecule has 3 rings (SSSR count). The average molecular weight is 334 g/mol. The van der Waals surface area contributed by atoms with Crippen LogP contribution in [0, 0.1) is 0 Å². The first-order valence-corrected chi connectivity index (χ1v) is 8.29. The maximum atomic E-state index is 12.3. The van der Waals surface area contributed by atoms with Crippen LogP contribution in [0.1, 0.15) is 23.4 Å². The topological polar surface area (TPSA) is 44.4 Å². The van der Waals surface area contributed by atoms with E-state index in [2.05, 4.69) is 16.8 Å². The molecule has 2 N–H and O–H groups in total. The molecule has 114 valence electrons. The second-order valence-corrected chi connectivity index (χ2v) is 6.26. The monoisotopic (exact) mass is 333 g/mol. The van der Waals surface area contributed by atoms with E-state index in [1.807, 2.05) is 48.7 Å². The van der Waals surface area contributed by atoms with Crippen molar-refractivity contribution in [1.82, 2.24) is 15.8 Å². The van der Waals surface area contributed by atoms with Gasteiger partial charge in [-0.25, -0.2) is 9.80 Å². The first-order valence-electron chi connectivity index (χ1n) is 7.04. The lowest BCUT2D eigenvalue weighted by Crippen LogP contribution is -2.45. The number of hydrogen-bond acceptors (Lipinski definition) is 3. The summed E-state index contributed by atoms with van der Waals surface area (Å²) in [6, 6.07) is 11.3. The highest BCUT2D eigenvalue weighted by Gasteiger charge is 2.30. The molecular weight excluding hydrogens is 318 g/mol. The summed E-state index contributed by atoms with van der Waals surface area (Å²) in [6.07, 6.45) is 2.06. The molecule has 0 radical (unpaired) electrons. The van der Waals surface area contributed by atoms with Crippen LogP contribution in [-0.2, 0) is 0 Å². The Bertz CT molecular complexity index is 682. The molecule has 1 aromatic carbocycles. The maximum Gasteiger partial charge on any atom is 0.336 e.